The van der Waals surface area contributed by atoms with Crippen LogP contribution in [0.1, 0.15) is 110 Å². The Labute approximate surface area is 313 Å². The van der Waals surface area contributed by atoms with Crippen LogP contribution in [0, 0.1) is 6.92 Å². The number of unbranched alkanes of at least 4 members (excludes halogenated alkanes) is 9. The van der Waals surface area contributed by atoms with Crippen LogP contribution in [0.4, 0.5) is 10.5 Å². The Hall–Kier alpha value is -5.03. The Morgan fingerprint density at radius 3 is 2.04 bits per heavy atom. The lowest BCUT2D eigenvalue weighted by molar-refractivity contribution is -0.144. The number of imide groups is 1. The molecule has 0 aromatic heterocycles. The summed E-state index contributed by atoms with van der Waals surface area (Å²) in [7, 11) is 1.48. The molecular formula is C42H53N3O8. The van der Waals surface area contributed by atoms with Gasteiger partial charge < -0.3 is 19.5 Å². The Balaban J connectivity index is 1.49. The summed E-state index contributed by atoms with van der Waals surface area (Å²) in [4.78, 5) is 71.2. The number of ketones is 1. The van der Waals surface area contributed by atoms with Crippen molar-refractivity contribution >= 4 is 35.3 Å². The first kappa shape index (κ1) is 40.7. The summed E-state index contributed by atoms with van der Waals surface area (Å²) in [5.74, 6) is -2.61. The standard InChI is InChI=1S/C42H53N3O8/c1-5-7-8-9-10-11-12-13-14-18-27-53-41(49)33-22-21-30(3)35(28-33)43-38(47)36(37(46)32-23-25-34(51-4)26-24-32)45-39(48)40(52-6-2)44(42(45)50)29-31-19-16-15-17-20-31/h15-17,19-26,28,36,40H,5-14,18,27,29H2,1-4H3,(H,43,47). The van der Waals surface area contributed by atoms with Gasteiger partial charge in [0.1, 0.15) is 5.75 Å². The van der Waals surface area contributed by atoms with Crippen molar-refractivity contribution < 1.29 is 38.2 Å². The number of hydrogen-bond acceptors (Lipinski definition) is 8. The number of rotatable bonds is 22. The Kier molecular flexibility index (Phi) is 16.0. The summed E-state index contributed by atoms with van der Waals surface area (Å²) in [5.41, 5.74) is 1.86. The minimum absolute atomic E-state index is 0.0139. The van der Waals surface area contributed by atoms with E-state index in [-0.39, 0.29) is 36.6 Å². The van der Waals surface area contributed by atoms with Gasteiger partial charge in [-0.25, -0.2) is 14.5 Å². The van der Waals surface area contributed by atoms with E-state index in [1.54, 1.807) is 62.4 Å². The molecule has 0 radical (unpaired) electrons. The average Bonchev–Trinajstić information content (AvgIpc) is 3.38. The Morgan fingerprint density at radius 1 is 0.792 bits per heavy atom. The van der Waals surface area contributed by atoms with Crippen LogP contribution in [0.25, 0.3) is 0 Å². The van der Waals surface area contributed by atoms with E-state index in [0.717, 1.165) is 24.8 Å². The van der Waals surface area contributed by atoms with E-state index in [0.29, 0.717) is 16.2 Å². The van der Waals surface area contributed by atoms with Gasteiger partial charge in [0.05, 0.1) is 25.8 Å². The summed E-state index contributed by atoms with van der Waals surface area (Å²) in [5, 5.41) is 2.72. The van der Waals surface area contributed by atoms with Gasteiger partial charge in [0, 0.05) is 17.9 Å². The second kappa shape index (κ2) is 20.9. The van der Waals surface area contributed by atoms with E-state index >= 15 is 0 Å². The number of aryl methyl sites for hydroxylation is 1. The fourth-order valence-electron chi connectivity index (χ4n) is 6.26. The maximum absolute atomic E-state index is 14.2. The van der Waals surface area contributed by atoms with Crippen molar-refractivity contribution in [3.8, 4) is 5.75 Å². The molecule has 2 unspecified atom stereocenters. The molecular weight excluding hydrogens is 674 g/mol. The van der Waals surface area contributed by atoms with E-state index in [9.17, 15) is 24.0 Å². The van der Waals surface area contributed by atoms with Gasteiger partial charge in [0.2, 0.25) is 6.23 Å². The van der Waals surface area contributed by atoms with Crippen molar-refractivity contribution in [1.29, 1.82) is 0 Å². The first-order valence-corrected chi connectivity index (χ1v) is 18.8. The van der Waals surface area contributed by atoms with Gasteiger partial charge in [-0.15, -0.1) is 0 Å². The summed E-state index contributed by atoms with van der Waals surface area (Å²) >= 11 is 0. The summed E-state index contributed by atoms with van der Waals surface area (Å²) in [6, 6.07) is 17.1. The Morgan fingerprint density at radius 2 is 1.42 bits per heavy atom. The van der Waals surface area contributed by atoms with Crippen LogP contribution in [0.5, 0.6) is 5.75 Å². The van der Waals surface area contributed by atoms with Gasteiger partial charge in [0.15, 0.2) is 11.8 Å². The van der Waals surface area contributed by atoms with Gasteiger partial charge >= 0.3 is 12.0 Å². The molecule has 1 N–H and O–H groups in total. The van der Waals surface area contributed by atoms with E-state index in [2.05, 4.69) is 12.2 Å². The molecule has 11 heteroatoms. The van der Waals surface area contributed by atoms with Crippen LogP contribution in [-0.4, -0.2) is 72.0 Å². The first-order valence-electron chi connectivity index (χ1n) is 18.8. The topological polar surface area (TPSA) is 132 Å². The third kappa shape index (κ3) is 11.2. The smallest absolute Gasteiger partial charge is 0.338 e. The minimum atomic E-state index is -1.89. The molecule has 0 aliphatic carbocycles. The van der Waals surface area contributed by atoms with Crippen molar-refractivity contribution in [3.63, 3.8) is 0 Å². The van der Waals surface area contributed by atoms with Crippen LogP contribution >= 0.6 is 0 Å². The van der Waals surface area contributed by atoms with Crippen LogP contribution < -0.4 is 10.1 Å². The molecule has 0 spiro atoms. The number of carbonyl (C=O) groups is 5. The number of ether oxygens (including phenoxy) is 3. The number of carbonyl (C=O) groups excluding carboxylic acids is 5. The van der Waals surface area contributed by atoms with E-state index in [1.165, 1.54) is 75.2 Å². The van der Waals surface area contributed by atoms with Crippen LogP contribution in [-0.2, 0) is 25.6 Å². The Bertz CT molecular complexity index is 1680. The quantitative estimate of drug-likeness (QED) is 0.0361. The highest BCUT2D eigenvalue weighted by Crippen LogP contribution is 2.28. The first-order chi connectivity index (χ1) is 25.7. The molecule has 1 fully saturated rings. The SMILES string of the molecule is CCCCCCCCCCCCOC(=O)c1ccc(C)c(NC(=O)C(C(=O)c2ccc(OC)cc2)N2C(=O)C(OCC)N(Cc3ccccc3)C2=O)c1. The molecule has 0 saturated carbocycles. The lowest BCUT2D eigenvalue weighted by Gasteiger charge is -2.25. The fourth-order valence-corrected chi connectivity index (χ4v) is 6.26. The zero-order valence-corrected chi connectivity index (χ0v) is 31.4. The number of hydrogen-bond donors (Lipinski definition) is 1. The molecule has 2 atom stereocenters. The number of esters is 1. The molecule has 1 heterocycles. The second-order valence-electron chi connectivity index (χ2n) is 13.2. The summed E-state index contributed by atoms with van der Waals surface area (Å²) < 4.78 is 16.5. The molecule has 4 amide bonds. The highest BCUT2D eigenvalue weighted by Gasteiger charge is 2.53. The number of amides is 4. The molecule has 1 saturated heterocycles. The predicted molar refractivity (Wildman–Crippen MR) is 203 cm³/mol. The summed E-state index contributed by atoms with van der Waals surface area (Å²) in [6.45, 7) is 6.03. The molecule has 53 heavy (non-hydrogen) atoms. The van der Waals surface area contributed by atoms with Gasteiger partial charge in [0.25, 0.3) is 11.8 Å². The number of anilines is 1. The third-order valence-corrected chi connectivity index (χ3v) is 9.30. The van der Waals surface area contributed by atoms with Crippen molar-refractivity contribution in [3.05, 3.63) is 95.1 Å². The number of nitrogens with zero attached hydrogens (tertiary/aromatic N) is 2. The molecule has 4 rings (SSSR count). The van der Waals surface area contributed by atoms with Crippen LogP contribution in [0.2, 0.25) is 0 Å². The number of methoxy groups -OCH3 is 1. The molecule has 3 aromatic rings. The predicted octanol–water partition coefficient (Wildman–Crippen LogP) is 8.10. The zero-order valence-electron chi connectivity index (χ0n) is 31.4. The van der Waals surface area contributed by atoms with E-state index < -0.39 is 41.9 Å². The van der Waals surface area contributed by atoms with E-state index in [4.69, 9.17) is 14.2 Å². The number of Topliss-reactive ketones (excluding diaryl/α,β-unsaturated/α-hetero) is 1. The molecule has 11 nitrogen and oxygen atoms in total. The highest BCUT2D eigenvalue weighted by atomic mass is 16.5. The summed E-state index contributed by atoms with van der Waals surface area (Å²) in [6.07, 6.45) is 10.3. The average molecular weight is 728 g/mol. The van der Waals surface area contributed by atoms with Crippen molar-refractivity contribution in [2.75, 3.05) is 25.6 Å². The van der Waals surface area contributed by atoms with Gasteiger partial charge in [-0.2, -0.15) is 0 Å². The lowest BCUT2D eigenvalue weighted by Crippen LogP contribution is -2.52. The molecule has 3 aromatic carbocycles. The molecule has 284 valence electrons. The van der Waals surface area contributed by atoms with Gasteiger partial charge in [-0.3, -0.25) is 19.3 Å². The molecule has 1 aliphatic heterocycles. The van der Waals surface area contributed by atoms with Crippen molar-refractivity contribution in [1.82, 2.24) is 9.80 Å². The van der Waals surface area contributed by atoms with E-state index in [1.807, 2.05) is 6.07 Å². The van der Waals surface area contributed by atoms with Crippen LogP contribution in [0.3, 0.4) is 0 Å². The highest BCUT2D eigenvalue weighted by molar-refractivity contribution is 6.22. The van der Waals surface area contributed by atoms with Crippen LogP contribution in [0.15, 0.2) is 72.8 Å². The van der Waals surface area contributed by atoms with Gasteiger partial charge in [-0.05, 0) is 67.8 Å². The molecule has 1 aliphatic rings. The normalized spacial score (nSPS) is 14.7. The number of urea groups is 1. The maximum atomic E-state index is 14.2. The number of nitrogens with one attached hydrogen (secondary N) is 1. The number of benzene rings is 3. The monoisotopic (exact) mass is 727 g/mol. The third-order valence-electron chi connectivity index (χ3n) is 9.30. The van der Waals surface area contributed by atoms with Crippen molar-refractivity contribution in [2.24, 2.45) is 0 Å². The largest absolute Gasteiger partial charge is 0.497 e. The lowest BCUT2D eigenvalue weighted by atomic mass is 10.0. The molecule has 0 bridgehead atoms. The van der Waals surface area contributed by atoms with Gasteiger partial charge in [-0.1, -0.05) is 101 Å². The maximum Gasteiger partial charge on any atom is 0.338 e. The minimum Gasteiger partial charge on any atom is -0.497 e. The second-order valence-corrected chi connectivity index (χ2v) is 13.2. The fraction of sp³-hybridized carbons (Fsp3) is 0.452. The zero-order chi connectivity index (χ0) is 38.2. The van der Waals surface area contributed by atoms with Crippen molar-refractivity contribution in [2.45, 2.75) is 104 Å².